The van der Waals surface area contributed by atoms with Crippen LogP contribution in [0.1, 0.15) is 17.5 Å². The average Bonchev–Trinajstić information content (AvgIpc) is 3.01. The van der Waals surface area contributed by atoms with Crippen LogP contribution in [0.2, 0.25) is 0 Å². The summed E-state index contributed by atoms with van der Waals surface area (Å²) in [5, 5.41) is 2.38. The molecule has 26 heavy (non-hydrogen) atoms. The summed E-state index contributed by atoms with van der Waals surface area (Å²) >= 11 is 0. The SMILES string of the molecule is CNC(=O)OC1CC(=O)N(c2ccc(/C=C/c3ccc(F)cc3)cc2)C1. The van der Waals surface area contributed by atoms with Crippen molar-refractivity contribution in [3.8, 4) is 0 Å². The fourth-order valence-electron chi connectivity index (χ4n) is 2.75. The van der Waals surface area contributed by atoms with Gasteiger partial charge in [0.1, 0.15) is 11.9 Å². The highest BCUT2D eigenvalue weighted by Gasteiger charge is 2.32. The Morgan fingerprint density at radius 1 is 1.12 bits per heavy atom. The van der Waals surface area contributed by atoms with Gasteiger partial charge < -0.3 is 15.0 Å². The van der Waals surface area contributed by atoms with Crippen molar-refractivity contribution in [1.29, 1.82) is 0 Å². The number of halogens is 1. The van der Waals surface area contributed by atoms with E-state index in [1.165, 1.54) is 19.2 Å². The number of hydrogen-bond acceptors (Lipinski definition) is 3. The Hall–Kier alpha value is -3.15. The molecular formula is C20H19FN2O3. The van der Waals surface area contributed by atoms with E-state index in [9.17, 15) is 14.0 Å². The summed E-state index contributed by atoms with van der Waals surface area (Å²) in [6.07, 6.45) is 3.01. The lowest BCUT2D eigenvalue weighted by Crippen LogP contribution is -2.29. The largest absolute Gasteiger partial charge is 0.444 e. The molecule has 0 aliphatic carbocycles. The van der Waals surface area contributed by atoms with Crippen LogP contribution in [-0.2, 0) is 9.53 Å². The van der Waals surface area contributed by atoms with E-state index in [0.29, 0.717) is 6.54 Å². The first-order valence-corrected chi connectivity index (χ1v) is 8.27. The molecule has 2 aromatic carbocycles. The van der Waals surface area contributed by atoms with E-state index < -0.39 is 12.2 Å². The van der Waals surface area contributed by atoms with Crippen LogP contribution in [0.3, 0.4) is 0 Å². The number of alkyl carbamates (subject to hydrolysis) is 1. The highest BCUT2D eigenvalue weighted by atomic mass is 19.1. The van der Waals surface area contributed by atoms with Crippen LogP contribution in [0.15, 0.2) is 48.5 Å². The Morgan fingerprint density at radius 3 is 2.27 bits per heavy atom. The van der Waals surface area contributed by atoms with E-state index in [1.807, 2.05) is 36.4 Å². The van der Waals surface area contributed by atoms with Crippen LogP contribution in [0.25, 0.3) is 12.2 Å². The molecule has 1 N–H and O–H groups in total. The van der Waals surface area contributed by atoms with Gasteiger partial charge >= 0.3 is 6.09 Å². The van der Waals surface area contributed by atoms with Gasteiger partial charge in [-0.25, -0.2) is 9.18 Å². The molecule has 1 unspecified atom stereocenters. The van der Waals surface area contributed by atoms with Gasteiger partial charge in [0.05, 0.1) is 13.0 Å². The van der Waals surface area contributed by atoms with Gasteiger partial charge in [-0.2, -0.15) is 0 Å². The second-order valence-electron chi connectivity index (χ2n) is 5.96. The minimum Gasteiger partial charge on any atom is -0.444 e. The number of ether oxygens (including phenoxy) is 1. The van der Waals surface area contributed by atoms with Gasteiger partial charge in [-0.15, -0.1) is 0 Å². The third-order valence-electron chi connectivity index (χ3n) is 4.11. The predicted molar refractivity (Wildman–Crippen MR) is 98.1 cm³/mol. The number of carbonyl (C=O) groups excluding carboxylic acids is 2. The van der Waals surface area contributed by atoms with E-state index in [0.717, 1.165) is 16.8 Å². The van der Waals surface area contributed by atoms with Gasteiger partial charge in [-0.05, 0) is 35.4 Å². The summed E-state index contributed by atoms with van der Waals surface area (Å²) in [5.74, 6) is -0.339. The lowest BCUT2D eigenvalue weighted by molar-refractivity contribution is -0.117. The van der Waals surface area contributed by atoms with E-state index in [2.05, 4.69) is 5.32 Å². The Labute approximate surface area is 151 Å². The summed E-state index contributed by atoms with van der Waals surface area (Å²) in [5.41, 5.74) is 2.62. The highest BCUT2D eigenvalue weighted by molar-refractivity contribution is 5.96. The molecule has 5 nitrogen and oxygen atoms in total. The van der Waals surface area contributed by atoms with Gasteiger partial charge in [0.15, 0.2) is 0 Å². The molecule has 0 saturated carbocycles. The van der Waals surface area contributed by atoms with Crippen molar-refractivity contribution in [1.82, 2.24) is 5.32 Å². The molecule has 2 amide bonds. The zero-order valence-corrected chi connectivity index (χ0v) is 14.3. The molecule has 1 heterocycles. The first-order valence-electron chi connectivity index (χ1n) is 8.27. The Kier molecular flexibility index (Phi) is 5.31. The van der Waals surface area contributed by atoms with Crippen LogP contribution < -0.4 is 10.2 Å². The molecule has 3 rings (SSSR count). The Bertz CT molecular complexity index is 816. The number of benzene rings is 2. The van der Waals surface area contributed by atoms with Crippen LogP contribution in [-0.4, -0.2) is 31.7 Å². The maximum atomic E-state index is 12.9. The Balaban J connectivity index is 1.65. The third kappa shape index (κ3) is 4.27. The van der Waals surface area contributed by atoms with Gasteiger partial charge in [0.25, 0.3) is 0 Å². The average molecular weight is 354 g/mol. The van der Waals surface area contributed by atoms with Crippen LogP contribution in [0.5, 0.6) is 0 Å². The molecule has 1 fully saturated rings. The van der Waals surface area contributed by atoms with E-state index in [4.69, 9.17) is 4.74 Å². The van der Waals surface area contributed by atoms with Crippen molar-refractivity contribution in [3.05, 3.63) is 65.5 Å². The second kappa shape index (κ2) is 7.82. The fourth-order valence-corrected chi connectivity index (χ4v) is 2.75. The van der Waals surface area contributed by atoms with Crippen molar-refractivity contribution in [2.45, 2.75) is 12.5 Å². The third-order valence-corrected chi connectivity index (χ3v) is 4.11. The van der Waals surface area contributed by atoms with E-state index >= 15 is 0 Å². The maximum absolute atomic E-state index is 12.9. The molecule has 134 valence electrons. The number of rotatable bonds is 4. The monoisotopic (exact) mass is 354 g/mol. The minimum absolute atomic E-state index is 0.0755. The molecule has 6 heteroatoms. The summed E-state index contributed by atoms with van der Waals surface area (Å²) in [6.45, 7) is 0.344. The minimum atomic E-state index is -0.536. The summed E-state index contributed by atoms with van der Waals surface area (Å²) < 4.78 is 18.1. The Morgan fingerprint density at radius 2 is 1.69 bits per heavy atom. The summed E-state index contributed by atoms with van der Waals surface area (Å²) in [7, 11) is 1.48. The first-order chi connectivity index (χ1) is 12.5. The number of amides is 2. The lowest BCUT2D eigenvalue weighted by atomic mass is 10.1. The molecule has 1 saturated heterocycles. The zero-order valence-electron chi connectivity index (χ0n) is 14.3. The van der Waals surface area contributed by atoms with E-state index in [1.54, 1.807) is 17.0 Å². The maximum Gasteiger partial charge on any atom is 0.407 e. The fraction of sp³-hybridized carbons (Fsp3) is 0.200. The van der Waals surface area contributed by atoms with Crippen LogP contribution >= 0.6 is 0 Å². The van der Waals surface area contributed by atoms with Gasteiger partial charge in [0, 0.05) is 12.7 Å². The quantitative estimate of drug-likeness (QED) is 0.856. The molecule has 0 aromatic heterocycles. The first kappa shape index (κ1) is 17.7. The number of nitrogens with zero attached hydrogens (tertiary/aromatic N) is 1. The van der Waals surface area contributed by atoms with E-state index in [-0.39, 0.29) is 18.1 Å². The molecule has 1 atom stereocenters. The highest BCUT2D eigenvalue weighted by Crippen LogP contribution is 2.24. The molecule has 1 aliphatic heterocycles. The van der Waals surface area contributed by atoms with Crippen LogP contribution in [0, 0.1) is 5.82 Å². The number of nitrogens with one attached hydrogen (secondary N) is 1. The van der Waals surface area contributed by atoms with Crippen LogP contribution in [0.4, 0.5) is 14.9 Å². The normalized spacial score (nSPS) is 16.9. The van der Waals surface area contributed by atoms with Crippen molar-refractivity contribution >= 4 is 29.8 Å². The number of anilines is 1. The zero-order chi connectivity index (χ0) is 18.5. The molecule has 1 aliphatic rings. The van der Waals surface area contributed by atoms with Gasteiger partial charge in [0.2, 0.25) is 5.91 Å². The van der Waals surface area contributed by atoms with Crippen molar-refractivity contribution in [3.63, 3.8) is 0 Å². The number of hydrogen-bond donors (Lipinski definition) is 1. The number of carbonyl (C=O) groups is 2. The predicted octanol–water partition coefficient (Wildman–Crippen LogP) is 3.46. The van der Waals surface area contributed by atoms with Gasteiger partial charge in [-0.1, -0.05) is 36.4 Å². The summed E-state index contributed by atoms with van der Waals surface area (Å²) in [4.78, 5) is 25.0. The van der Waals surface area contributed by atoms with Crippen molar-refractivity contribution < 1.29 is 18.7 Å². The lowest BCUT2D eigenvalue weighted by Gasteiger charge is -2.17. The van der Waals surface area contributed by atoms with Crippen molar-refractivity contribution in [2.75, 3.05) is 18.5 Å². The second-order valence-corrected chi connectivity index (χ2v) is 5.96. The molecule has 0 spiro atoms. The van der Waals surface area contributed by atoms with Gasteiger partial charge in [-0.3, -0.25) is 4.79 Å². The summed E-state index contributed by atoms with van der Waals surface area (Å²) in [6, 6.07) is 13.7. The molecule has 2 aromatic rings. The smallest absolute Gasteiger partial charge is 0.407 e. The van der Waals surface area contributed by atoms with Crippen molar-refractivity contribution in [2.24, 2.45) is 0 Å². The molecular weight excluding hydrogens is 335 g/mol. The molecule has 0 bridgehead atoms. The molecule has 0 radical (unpaired) electrons. The topological polar surface area (TPSA) is 58.6 Å². The standard InChI is InChI=1S/C20H19FN2O3/c1-22-20(25)26-18-12-19(24)23(13-18)17-10-6-15(7-11-17)3-2-14-4-8-16(21)9-5-14/h2-11,18H,12-13H2,1H3,(H,22,25)/b3-2+.